The Labute approximate surface area is 181 Å². The third kappa shape index (κ3) is 7.54. The number of nitrogens with zero attached hydrogens (tertiary/aromatic N) is 1. The van der Waals surface area contributed by atoms with Crippen molar-refractivity contribution < 1.29 is 14.3 Å². The summed E-state index contributed by atoms with van der Waals surface area (Å²) in [5.41, 5.74) is 2.15. The fourth-order valence-electron chi connectivity index (χ4n) is 2.93. The van der Waals surface area contributed by atoms with E-state index in [0.29, 0.717) is 32.5 Å². The maximum atomic E-state index is 12.9. The van der Waals surface area contributed by atoms with Gasteiger partial charge in [0, 0.05) is 24.0 Å². The molecule has 1 atom stereocenters. The van der Waals surface area contributed by atoms with Gasteiger partial charge in [0.25, 0.3) is 0 Å². The van der Waals surface area contributed by atoms with Gasteiger partial charge in [-0.1, -0.05) is 45.8 Å². The van der Waals surface area contributed by atoms with Gasteiger partial charge in [-0.3, -0.25) is 9.59 Å². The largest absolute Gasteiger partial charge is 0.494 e. The molecule has 2 aromatic carbocycles. The Bertz CT molecular complexity index is 808. The summed E-state index contributed by atoms with van der Waals surface area (Å²) in [6, 6.07) is 15.1. The van der Waals surface area contributed by atoms with Crippen molar-refractivity contribution in [3.8, 4) is 5.75 Å². The number of likely N-dealkylation sites (N-methyl/N-ethyl adjacent to an activating group) is 1. The zero-order valence-electron chi connectivity index (χ0n) is 17.3. The van der Waals surface area contributed by atoms with E-state index in [1.807, 2.05) is 62.4 Å². The molecule has 2 amide bonds. The van der Waals surface area contributed by atoms with Crippen LogP contribution in [0.5, 0.6) is 5.75 Å². The Kier molecular flexibility index (Phi) is 9.19. The quantitative estimate of drug-likeness (QED) is 0.532. The molecule has 0 saturated carbocycles. The maximum Gasteiger partial charge on any atom is 0.242 e. The van der Waals surface area contributed by atoms with Crippen LogP contribution < -0.4 is 10.1 Å². The molecule has 2 aromatic rings. The van der Waals surface area contributed by atoms with E-state index in [1.54, 1.807) is 11.8 Å². The minimum atomic E-state index is -0.542. The van der Waals surface area contributed by atoms with E-state index in [9.17, 15) is 9.59 Å². The normalized spacial score (nSPS) is 11.6. The molecule has 0 saturated heterocycles. The summed E-state index contributed by atoms with van der Waals surface area (Å²) < 4.78 is 6.66. The van der Waals surface area contributed by atoms with Gasteiger partial charge in [0.15, 0.2) is 0 Å². The van der Waals surface area contributed by atoms with Crippen LogP contribution in [0.1, 0.15) is 37.8 Å². The van der Waals surface area contributed by atoms with Crippen LogP contribution in [-0.2, 0) is 16.1 Å². The summed E-state index contributed by atoms with van der Waals surface area (Å²) >= 11 is 3.46. The van der Waals surface area contributed by atoms with E-state index in [-0.39, 0.29) is 11.8 Å². The first-order valence-corrected chi connectivity index (χ1v) is 10.7. The summed E-state index contributed by atoms with van der Waals surface area (Å²) in [7, 11) is 0. The molecule has 2 rings (SSSR count). The average molecular weight is 461 g/mol. The lowest BCUT2D eigenvalue weighted by Crippen LogP contribution is -2.47. The molecule has 1 N–H and O–H groups in total. The topological polar surface area (TPSA) is 58.6 Å². The molecular formula is C23H29BrN2O3. The number of amides is 2. The van der Waals surface area contributed by atoms with Crippen LogP contribution in [0.2, 0.25) is 0 Å². The van der Waals surface area contributed by atoms with Crippen molar-refractivity contribution in [3.63, 3.8) is 0 Å². The van der Waals surface area contributed by atoms with Crippen molar-refractivity contribution in [2.24, 2.45) is 0 Å². The maximum absolute atomic E-state index is 12.9. The Morgan fingerprint density at radius 3 is 2.55 bits per heavy atom. The Morgan fingerprint density at radius 1 is 1.17 bits per heavy atom. The van der Waals surface area contributed by atoms with E-state index >= 15 is 0 Å². The second-order valence-corrected chi connectivity index (χ2v) is 7.90. The van der Waals surface area contributed by atoms with Crippen molar-refractivity contribution in [3.05, 3.63) is 64.1 Å². The predicted octanol–water partition coefficient (Wildman–Crippen LogP) is 4.47. The van der Waals surface area contributed by atoms with Gasteiger partial charge < -0.3 is 15.0 Å². The van der Waals surface area contributed by atoms with Crippen molar-refractivity contribution in [2.45, 2.75) is 46.2 Å². The van der Waals surface area contributed by atoms with Crippen molar-refractivity contribution in [1.82, 2.24) is 10.2 Å². The van der Waals surface area contributed by atoms with Crippen LogP contribution in [-0.4, -0.2) is 35.9 Å². The molecule has 0 unspecified atom stereocenters. The van der Waals surface area contributed by atoms with E-state index in [2.05, 4.69) is 21.2 Å². The SMILES string of the molecule is CCNC(=O)[C@@H](C)N(Cc1cccc(Br)c1)C(=O)CCCOc1ccc(C)cc1. The number of carbonyl (C=O) groups excluding carboxylic acids is 2. The predicted molar refractivity (Wildman–Crippen MR) is 119 cm³/mol. The highest BCUT2D eigenvalue weighted by molar-refractivity contribution is 9.10. The first kappa shape index (κ1) is 22.9. The average Bonchev–Trinajstić information content (AvgIpc) is 2.70. The van der Waals surface area contributed by atoms with Crippen LogP contribution in [0.4, 0.5) is 0 Å². The summed E-state index contributed by atoms with van der Waals surface area (Å²) in [5, 5.41) is 2.80. The molecule has 0 aliphatic carbocycles. The second-order valence-electron chi connectivity index (χ2n) is 6.99. The van der Waals surface area contributed by atoms with Gasteiger partial charge in [0.1, 0.15) is 11.8 Å². The molecule has 29 heavy (non-hydrogen) atoms. The molecule has 156 valence electrons. The van der Waals surface area contributed by atoms with Gasteiger partial charge >= 0.3 is 0 Å². The van der Waals surface area contributed by atoms with Crippen LogP contribution in [0, 0.1) is 6.92 Å². The first-order valence-electron chi connectivity index (χ1n) is 9.91. The minimum absolute atomic E-state index is 0.0590. The number of carbonyl (C=O) groups is 2. The van der Waals surface area contributed by atoms with Crippen LogP contribution in [0.25, 0.3) is 0 Å². The highest BCUT2D eigenvalue weighted by Gasteiger charge is 2.25. The fourth-order valence-corrected chi connectivity index (χ4v) is 3.37. The van der Waals surface area contributed by atoms with Crippen molar-refractivity contribution >= 4 is 27.7 Å². The third-order valence-electron chi connectivity index (χ3n) is 4.58. The summed E-state index contributed by atoms with van der Waals surface area (Å²) in [6.45, 7) is 7.03. The number of ether oxygens (including phenoxy) is 1. The lowest BCUT2D eigenvalue weighted by atomic mass is 10.1. The molecular weight excluding hydrogens is 432 g/mol. The number of halogens is 1. The number of hydrogen-bond acceptors (Lipinski definition) is 3. The molecule has 5 nitrogen and oxygen atoms in total. The number of hydrogen-bond donors (Lipinski definition) is 1. The Balaban J connectivity index is 1.97. The van der Waals surface area contributed by atoms with E-state index in [0.717, 1.165) is 15.8 Å². The Hall–Kier alpha value is -2.34. The third-order valence-corrected chi connectivity index (χ3v) is 5.08. The summed E-state index contributed by atoms with van der Waals surface area (Å²) in [4.78, 5) is 26.9. The van der Waals surface area contributed by atoms with Gasteiger partial charge in [-0.25, -0.2) is 0 Å². The van der Waals surface area contributed by atoms with Crippen molar-refractivity contribution in [2.75, 3.05) is 13.2 Å². The minimum Gasteiger partial charge on any atom is -0.494 e. The Morgan fingerprint density at radius 2 is 1.90 bits per heavy atom. The van der Waals surface area contributed by atoms with Gasteiger partial charge in [0.2, 0.25) is 11.8 Å². The van der Waals surface area contributed by atoms with Gasteiger partial charge in [-0.05, 0) is 57.0 Å². The summed E-state index contributed by atoms with van der Waals surface area (Å²) in [5.74, 6) is 0.590. The van der Waals surface area contributed by atoms with Crippen LogP contribution in [0.3, 0.4) is 0 Å². The number of nitrogens with one attached hydrogen (secondary N) is 1. The van der Waals surface area contributed by atoms with Gasteiger partial charge in [-0.2, -0.15) is 0 Å². The molecule has 0 aromatic heterocycles. The van der Waals surface area contributed by atoms with Crippen LogP contribution >= 0.6 is 15.9 Å². The number of benzene rings is 2. The van der Waals surface area contributed by atoms with Gasteiger partial charge in [-0.15, -0.1) is 0 Å². The summed E-state index contributed by atoms with van der Waals surface area (Å²) in [6.07, 6.45) is 0.910. The zero-order valence-corrected chi connectivity index (χ0v) is 18.9. The lowest BCUT2D eigenvalue weighted by molar-refractivity contribution is -0.140. The van der Waals surface area contributed by atoms with Crippen LogP contribution in [0.15, 0.2) is 53.0 Å². The van der Waals surface area contributed by atoms with Crippen molar-refractivity contribution in [1.29, 1.82) is 0 Å². The highest BCUT2D eigenvalue weighted by atomic mass is 79.9. The molecule has 0 fully saturated rings. The second kappa shape index (κ2) is 11.6. The molecule has 0 aliphatic rings. The van der Waals surface area contributed by atoms with E-state index in [1.165, 1.54) is 5.56 Å². The molecule has 0 spiro atoms. The molecule has 0 aliphatic heterocycles. The van der Waals surface area contributed by atoms with E-state index < -0.39 is 6.04 Å². The number of aryl methyl sites for hydroxylation is 1. The monoisotopic (exact) mass is 460 g/mol. The number of rotatable bonds is 10. The standard InChI is InChI=1S/C23H29BrN2O3/c1-4-25-23(28)18(3)26(16-19-7-5-8-20(24)15-19)22(27)9-6-14-29-21-12-10-17(2)11-13-21/h5,7-8,10-13,15,18H,4,6,9,14,16H2,1-3H3,(H,25,28)/t18-/m1/s1. The fraction of sp³-hybridized carbons (Fsp3) is 0.391. The highest BCUT2D eigenvalue weighted by Crippen LogP contribution is 2.17. The zero-order chi connectivity index (χ0) is 21.2. The van der Waals surface area contributed by atoms with E-state index in [4.69, 9.17) is 4.74 Å². The molecule has 0 bridgehead atoms. The lowest BCUT2D eigenvalue weighted by Gasteiger charge is -2.29. The molecule has 0 radical (unpaired) electrons. The van der Waals surface area contributed by atoms with Gasteiger partial charge in [0.05, 0.1) is 6.61 Å². The molecule has 0 heterocycles. The first-order chi connectivity index (χ1) is 13.9. The molecule has 6 heteroatoms. The smallest absolute Gasteiger partial charge is 0.242 e.